The Morgan fingerprint density at radius 3 is 2.30 bits per heavy atom. The number of sulfone groups is 1. The summed E-state index contributed by atoms with van der Waals surface area (Å²) in [5, 5.41) is 3.07. The van der Waals surface area contributed by atoms with Crippen molar-refractivity contribution in [1.82, 2.24) is 14.8 Å². The van der Waals surface area contributed by atoms with Crippen LogP contribution in [0.4, 0.5) is 0 Å². The number of carbonyl (C=O) groups excluding carboxylic acids is 1. The lowest BCUT2D eigenvalue weighted by Crippen LogP contribution is -2.48. The van der Waals surface area contributed by atoms with Crippen LogP contribution < -0.4 is 4.74 Å². The second kappa shape index (κ2) is 10.0. The summed E-state index contributed by atoms with van der Waals surface area (Å²) in [6, 6.07) is 14.1. The number of hydrogen-bond donors (Lipinski definition) is 0. The van der Waals surface area contributed by atoms with E-state index in [0.717, 1.165) is 41.6 Å². The molecule has 174 valence electrons. The molecule has 0 saturated carbocycles. The molecule has 4 rings (SSSR count). The van der Waals surface area contributed by atoms with Gasteiger partial charge in [0.1, 0.15) is 10.8 Å². The first kappa shape index (κ1) is 23.4. The fraction of sp³-hybridized carbons (Fsp3) is 0.333. The lowest BCUT2D eigenvalue weighted by atomic mass is 10.2. The highest BCUT2D eigenvalue weighted by Crippen LogP contribution is 2.26. The Hall–Kier alpha value is -2.75. The topological polar surface area (TPSA) is 79.8 Å². The van der Waals surface area contributed by atoms with Gasteiger partial charge in [0.2, 0.25) is 0 Å². The van der Waals surface area contributed by atoms with Gasteiger partial charge >= 0.3 is 0 Å². The van der Waals surface area contributed by atoms with E-state index in [4.69, 9.17) is 9.72 Å². The summed E-state index contributed by atoms with van der Waals surface area (Å²) in [6.45, 7) is 5.15. The van der Waals surface area contributed by atoms with E-state index in [9.17, 15) is 13.2 Å². The van der Waals surface area contributed by atoms with Gasteiger partial charge in [-0.25, -0.2) is 13.4 Å². The van der Waals surface area contributed by atoms with E-state index >= 15 is 0 Å². The summed E-state index contributed by atoms with van der Waals surface area (Å²) < 4.78 is 29.1. The first-order valence-electron chi connectivity index (χ1n) is 10.8. The van der Waals surface area contributed by atoms with Crippen LogP contribution in [0.3, 0.4) is 0 Å². The first-order chi connectivity index (χ1) is 15.9. The van der Waals surface area contributed by atoms with Gasteiger partial charge in [-0.15, -0.1) is 11.3 Å². The summed E-state index contributed by atoms with van der Waals surface area (Å²) in [4.78, 5) is 22.0. The number of amides is 1. The Bertz CT molecular complexity index is 1200. The van der Waals surface area contributed by atoms with E-state index in [1.54, 1.807) is 37.5 Å². The number of nitrogens with zero attached hydrogens (tertiary/aromatic N) is 3. The zero-order chi connectivity index (χ0) is 23.4. The van der Waals surface area contributed by atoms with Crippen LogP contribution in [0.5, 0.6) is 5.75 Å². The predicted octanol–water partition coefficient (Wildman–Crippen LogP) is 3.57. The van der Waals surface area contributed by atoms with Crippen molar-refractivity contribution in [1.29, 1.82) is 0 Å². The molecule has 1 aliphatic heterocycles. The van der Waals surface area contributed by atoms with Crippen LogP contribution in [0.25, 0.3) is 10.6 Å². The summed E-state index contributed by atoms with van der Waals surface area (Å²) in [5.41, 5.74) is 2.61. The van der Waals surface area contributed by atoms with Crippen molar-refractivity contribution < 1.29 is 17.9 Å². The molecule has 1 fully saturated rings. The molecule has 33 heavy (non-hydrogen) atoms. The van der Waals surface area contributed by atoms with Crippen molar-refractivity contribution in [2.24, 2.45) is 0 Å². The number of methoxy groups -OCH3 is 1. The molecular weight excluding hydrogens is 458 g/mol. The normalized spacial score (nSPS) is 14.9. The lowest BCUT2D eigenvalue weighted by molar-refractivity contribution is 0.0627. The van der Waals surface area contributed by atoms with Crippen molar-refractivity contribution >= 4 is 27.1 Å². The van der Waals surface area contributed by atoms with Gasteiger partial charge in [0.05, 0.1) is 23.5 Å². The molecule has 1 aromatic heterocycles. The molecule has 0 atom stereocenters. The third kappa shape index (κ3) is 5.43. The van der Waals surface area contributed by atoms with Gasteiger partial charge in [-0.3, -0.25) is 9.69 Å². The van der Waals surface area contributed by atoms with E-state index in [-0.39, 0.29) is 16.6 Å². The molecule has 2 aromatic carbocycles. The molecule has 1 amide bonds. The maximum atomic E-state index is 12.8. The summed E-state index contributed by atoms with van der Waals surface area (Å²) in [6.07, 6.45) is 0. The van der Waals surface area contributed by atoms with Gasteiger partial charge in [-0.2, -0.15) is 0 Å². The number of hydrogen-bond acceptors (Lipinski definition) is 7. The molecule has 0 spiro atoms. The highest BCUT2D eigenvalue weighted by Gasteiger charge is 2.23. The minimum Gasteiger partial charge on any atom is -0.497 e. The molecule has 0 unspecified atom stereocenters. The van der Waals surface area contributed by atoms with E-state index in [0.29, 0.717) is 18.7 Å². The quantitative estimate of drug-likeness (QED) is 0.509. The Labute approximate surface area is 198 Å². The average Bonchev–Trinajstić information content (AvgIpc) is 3.32. The Balaban J connectivity index is 1.32. The van der Waals surface area contributed by atoms with E-state index in [2.05, 4.69) is 10.3 Å². The van der Waals surface area contributed by atoms with Gasteiger partial charge in [-0.1, -0.05) is 6.92 Å². The van der Waals surface area contributed by atoms with E-state index in [1.165, 1.54) is 12.1 Å². The molecule has 3 aromatic rings. The van der Waals surface area contributed by atoms with Crippen molar-refractivity contribution in [2.75, 3.05) is 39.0 Å². The van der Waals surface area contributed by atoms with Crippen molar-refractivity contribution in [3.8, 4) is 16.3 Å². The number of aromatic nitrogens is 1. The Morgan fingerprint density at radius 2 is 1.70 bits per heavy atom. The second-order valence-corrected chi connectivity index (χ2v) is 11.0. The smallest absolute Gasteiger partial charge is 0.253 e. The van der Waals surface area contributed by atoms with E-state index in [1.807, 2.05) is 29.2 Å². The molecule has 7 nitrogen and oxygen atoms in total. The number of piperazine rings is 1. The van der Waals surface area contributed by atoms with Crippen LogP contribution in [0, 0.1) is 0 Å². The number of ether oxygens (including phenoxy) is 1. The van der Waals surface area contributed by atoms with Crippen LogP contribution in [0.15, 0.2) is 58.8 Å². The maximum Gasteiger partial charge on any atom is 0.253 e. The molecule has 0 N–H and O–H groups in total. The average molecular weight is 486 g/mol. The summed E-state index contributed by atoms with van der Waals surface area (Å²) >= 11 is 1.63. The number of benzene rings is 2. The fourth-order valence-corrected chi connectivity index (χ4v) is 5.44. The molecule has 1 saturated heterocycles. The van der Waals surface area contributed by atoms with Gasteiger partial charge in [-0.05, 0) is 48.5 Å². The third-order valence-electron chi connectivity index (χ3n) is 5.77. The molecular formula is C24H27N3O4S2. The highest BCUT2D eigenvalue weighted by molar-refractivity contribution is 7.91. The van der Waals surface area contributed by atoms with Crippen LogP contribution in [0.2, 0.25) is 0 Å². The molecule has 0 bridgehead atoms. The van der Waals surface area contributed by atoms with Gasteiger partial charge < -0.3 is 9.64 Å². The zero-order valence-corrected chi connectivity index (χ0v) is 20.4. The Morgan fingerprint density at radius 1 is 1.03 bits per heavy atom. The largest absolute Gasteiger partial charge is 0.497 e. The number of thiazole rings is 1. The van der Waals surface area contributed by atoms with E-state index < -0.39 is 9.84 Å². The SMILES string of the molecule is CCS(=O)(=O)c1ccc(C(=O)N2CCN(Cc3csc(-c4ccc(OC)cc4)n3)CC2)cc1. The highest BCUT2D eigenvalue weighted by atomic mass is 32.2. The van der Waals surface area contributed by atoms with Gasteiger partial charge in [0.15, 0.2) is 9.84 Å². The maximum absolute atomic E-state index is 12.8. The summed E-state index contributed by atoms with van der Waals surface area (Å²) in [5.74, 6) is 0.804. The third-order valence-corrected chi connectivity index (χ3v) is 8.46. The fourth-order valence-electron chi connectivity index (χ4n) is 3.74. The monoisotopic (exact) mass is 485 g/mol. The second-order valence-electron chi connectivity index (χ2n) is 7.87. The zero-order valence-electron chi connectivity index (χ0n) is 18.7. The van der Waals surface area contributed by atoms with Crippen molar-refractivity contribution in [3.05, 3.63) is 65.2 Å². The minimum atomic E-state index is -3.26. The molecule has 9 heteroatoms. The Kier molecular flexibility index (Phi) is 7.11. The van der Waals surface area contributed by atoms with Crippen LogP contribution in [-0.4, -0.2) is 68.2 Å². The summed E-state index contributed by atoms with van der Waals surface area (Å²) in [7, 11) is -1.61. The molecule has 1 aliphatic rings. The predicted molar refractivity (Wildman–Crippen MR) is 129 cm³/mol. The molecule has 2 heterocycles. The standard InChI is InChI=1S/C24H27N3O4S2/c1-3-33(29,30)22-10-6-19(7-11-22)24(28)27-14-12-26(13-15-27)16-20-17-32-23(25-20)18-4-8-21(31-2)9-5-18/h4-11,17H,3,12-16H2,1-2H3. The van der Waals surface area contributed by atoms with Crippen molar-refractivity contribution in [3.63, 3.8) is 0 Å². The first-order valence-corrected chi connectivity index (χ1v) is 13.4. The minimum absolute atomic E-state index is 0.0445. The van der Waals surface area contributed by atoms with Crippen LogP contribution in [0.1, 0.15) is 23.0 Å². The molecule has 0 aliphatic carbocycles. The van der Waals surface area contributed by atoms with Crippen LogP contribution in [-0.2, 0) is 16.4 Å². The molecule has 0 radical (unpaired) electrons. The van der Waals surface area contributed by atoms with Gasteiger partial charge in [0.25, 0.3) is 5.91 Å². The van der Waals surface area contributed by atoms with Crippen molar-refractivity contribution in [2.45, 2.75) is 18.4 Å². The number of rotatable bonds is 7. The van der Waals surface area contributed by atoms with Crippen LogP contribution >= 0.6 is 11.3 Å². The lowest BCUT2D eigenvalue weighted by Gasteiger charge is -2.34. The van der Waals surface area contributed by atoms with Gasteiger partial charge in [0, 0.05) is 49.2 Å². The number of carbonyl (C=O) groups is 1.